The van der Waals surface area contributed by atoms with Crippen molar-refractivity contribution in [2.45, 2.75) is 6.92 Å². The van der Waals surface area contributed by atoms with E-state index in [1.165, 1.54) is 4.90 Å². The number of aromatic nitrogens is 1. The summed E-state index contributed by atoms with van der Waals surface area (Å²) in [6.45, 7) is 1.76. The van der Waals surface area contributed by atoms with Gasteiger partial charge in [-0.25, -0.2) is 8.42 Å². The standard InChI is InChI=1S/C20H20ClN3O5S/c1-11-7-14-16(22-11)8-13-12-9-18(15(21)10-17(12)23-19(13)25)29-4-6-30(27,28)5-3-24(2)20(14)26/h7-10,22H,3-6H2,1-2H3,(H,23,25)/b13-8-. The van der Waals surface area contributed by atoms with Crippen LogP contribution in [-0.4, -0.2) is 61.8 Å². The van der Waals surface area contributed by atoms with Gasteiger partial charge >= 0.3 is 0 Å². The number of carbonyl (C=O) groups excluding carboxylic acids is 2. The summed E-state index contributed by atoms with van der Waals surface area (Å²) in [5.41, 5.74) is 3.02. The highest BCUT2D eigenvalue weighted by Gasteiger charge is 2.28. The second kappa shape index (κ2) is 7.48. The van der Waals surface area contributed by atoms with E-state index in [0.29, 0.717) is 33.8 Å². The number of rotatable bonds is 0. The highest BCUT2D eigenvalue weighted by Crippen LogP contribution is 2.40. The Morgan fingerprint density at radius 1 is 1.13 bits per heavy atom. The Morgan fingerprint density at radius 2 is 1.90 bits per heavy atom. The van der Waals surface area contributed by atoms with Crippen molar-refractivity contribution in [2.24, 2.45) is 0 Å². The summed E-state index contributed by atoms with van der Waals surface area (Å²) in [5, 5.41) is 3.02. The number of halogens is 1. The molecule has 2 amide bonds. The Labute approximate surface area is 178 Å². The molecule has 30 heavy (non-hydrogen) atoms. The van der Waals surface area contributed by atoms with Gasteiger partial charge in [0.1, 0.15) is 12.4 Å². The van der Waals surface area contributed by atoms with Crippen LogP contribution in [0.3, 0.4) is 0 Å². The number of fused-ring (bicyclic) bond motifs is 2. The van der Waals surface area contributed by atoms with Crippen LogP contribution in [0.25, 0.3) is 11.6 Å². The van der Waals surface area contributed by atoms with Crippen LogP contribution in [0, 0.1) is 6.92 Å². The van der Waals surface area contributed by atoms with Crippen molar-refractivity contribution in [3.63, 3.8) is 0 Å². The van der Waals surface area contributed by atoms with E-state index < -0.39 is 9.84 Å². The van der Waals surface area contributed by atoms with Gasteiger partial charge in [0.15, 0.2) is 9.84 Å². The lowest BCUT2D eigenvalue weighted by atomic mass is 10.0. The Morgan fingerprint density at radius 3 is 2.67 bits per heavy atom. The second-order valence-electron chi connectivity index (χ2n) is 7.35. The Hall–Kier alpha value is -2.78. The number of carbonyl (C=O) groups is 2. The van der Waals surface area contributed by atoms with Crippen LogP contribution in [0.1, 0.15) is 27.3 Å². The van der Waals surface area contributed by atoms with Crippen molar-refractivity contribution in [2.75, 3.05) is 37.0 Å². The van der Waals surface area contributed by atoms with Crippen LogP contribution < -0.4 is 10.1 Å². The van der Waals surface area contributed by atoms with Crippen LogP contribution in [-0.2, 0) is 14.6 Å². The van der Waals surface area contributed by atoms with Gasteiger partial charge in [0.2, 0.25) is 0 Å². The minimum absolute atomic E-state index is 0.0422. The Bertz CT molecular complexity index is 1200. The fraction of sp³-hybridized carbons (Fsp3) is 0.300. The van der Waals surface area contributed by atoms with Gasteiger partial charge in [0.05, 0.1) is 39.0 Å². The molecule has 2 aliphatic rings. The molecule has 2 bridgehead atoms. The summed E-state index contributed by atoms with van der Waals surface area (Å²) in [4.78, 5) is 30.0. The van der Waals surface area contributed by atoms with Gasteiger partial charge in [0.25, 0.3) is 11.8 Å². The molecule has 0 saturated carbocycles. The van der Waals surface area contributed by atoms with Crippen molar-refractivity contribution in [3.05, 3.63) is 45.7 Å². The van der Waals surface area contributed by atoms with E-state index in [0.717, 1.165) is 5.69 Å². The van der Waals surface area contributed by atoms with Crippen molar-refractivity contribution in [3.8, 4) is 5.75 Å². The first-order chi connectivity index (χ1) is 14.1. The van der Waals surface area contributed by atoms with Crippen LogP contribution >= 0.6 is 11.6 Å². The van der Waals surface area contributed by atoms with E-state index in [1.807, 2.05) is 0 Å². The molecule has 4 rings (SSSR count). The number of benzene rings is 1. The molecule has 2 aromatic rings. The lowest BCUT2D eigenvalue weighted by Gasteiger charge is -2.17. The summed E-state index contributed by atoms with van der Waals surface area (Å²) in [6.07, 6.45) is 1.61. The number of ether oxygens (including phenoxy) is 1. The molecule has 0 fully saturated rings. The summed E-state index contributed by atoms with van der Waals surface area (Å²) in [6, 6.07) is 4.86. The molecule has 1 aromatic carbocycles. The summed E-state index contributed by atoms with van der Waals surface area (Å²) >= 11 is 6.25. The number of H-pyrrole nitrogens is 1. The van der Waals surface area contributed by atoms with Crippen LogP contribution in [0.2, 0.25) is 5.02 Å². The SMILES string of the molecule is Cc1cc2c([nH]1)/C=C1\C(=O)Nc3cc(Cl)c(cc31)OCCS(=O)(=O)CCN(C)C2=O. The van der Waals surface area contributed by atoms with E-state index in [2.05, 4.69) is 10.3 Å². The molecule has 0 atom stereocenters. The molecular formula is C20H20ClN3O5S. The number of nitrogens with one attached hydrogen (secondary N) is 2. The zero-order valence-corrected chi connectivity index (χ0v) is 18.0. The average molecular weight is 450 g/mol. The average Bonchev–Trinajstić information content (AvgIpc) is 3.18. The van der Waals surface area contributed by atoms with E-state index in [-0.39, 0.29) is 41.5 Å². The van der Waals surface area contributed by atoms with Crippen LogP contribution in [0.5, 0.6) is 5.75 Å². The van der Waals surface area contributed by atoms with Gasteiger partial charge < -0.3 is 19.9 Å². The first-order valence-electron chi connectivity index (χ1n) is 9.30. The number of sulfone groups is 1. The highest BCUT2D eigenvalue weighted by atomic mass is 35.5. The lowest BCUT2D eigenvalue weighted by molar-refractivity contribution is -0.110. The first kappa shape index (κ1) is 20.5. The fourth-order valence-corrected chi connectivity index (χ4v) is 4.77. The second-order valence-corrected chi connectivity index (χ2v) is 10.1. The number of aryl methyl sites for hydroxylation is 1. The molecule has 158 valence electrons. The van der Waals surface area contributed by atoms with Crippen LogP contribution in [0.4, 0.5) is 5.69 Å². The maximum absolute atomic E-state index is 12.9. The lowest BCUT2D eigenvalue weighted by Crippen LogP contribution is -2.33. The molecule has 0 spiro atoms. The largest absolute Gasteiger partial charge is 0.491 e. The molecule has 2 aliphatic heterocycles. The van der Waals surface area contributed by atoms with Gasteiger partial charge in [0, 0.05) is 24.8 Å². The predicted octanol–water partition coefficient (Wildman–Crippen LogP) is 2.35. The molecule has 1 aromatic heterocycles. The molecule has 8 nitrogen and oxygen atoms in total. The monoisotopic (exact) mass is 449 g/mol. The summed E-state index contributed by atoms with van der Waals surface area (Å²) in [5.74, 6) is -0.763. The molecule has 3 heterocycles. The van der Waals surface area contributed by atoms with Crippen molar-refractivity contribution < 1.29 is 22.7 Å². The molecule has 0 aliphatic carbocycles. The number of amides is 2. The molecule has 0 radical (unpaired) electrons. The molecule has 10 heteroatoms. The Balaban J connectivity index is 1.88. The quantitative estimate of drug-likeness (QED) is 0.641. The van der Waals surface area contributed by atoms with Gasteiger partial charge in [-0.2, -0.15) is 0 Å². The fourth-order valence-electron chi connectivity index (χ4n) is 3.45. The first-order valence-corrected chi connectivity index (χ1v) is 11.5. The van der Waals surface area contributed by atoms with Gasteiger partial charge in [-0.15, -0.1) is 0 Å². The number of anilines is 1. The number of hydrogen-bond donors (Lipinski definition) is 2. The zero-order chi connectivity index (χ0) is 21.6. The normalized spacial score (nSPS) is 20.4. The number of nitrogens with zero attached hydrogens (tertiary/aromatic N) is 1. The van der Waals surface area contributed by atoms with E-state index >= 15 is 0 Å². The minimum Gasteiger partial charge on any atom is -0.491 e. The van der Waals surface area contributed by atoms with E-state index in [4.69, 9.17) is 16.3 Å². The smallest absolute Gasteiger partial charge is 0.256 e. The maximum atomic E-state index is 12.9. The topological polar surface area (TPSA) is 109 Å². The molecule has 0 saturated heterocycles. The number of aromatic amines is 1. The third-order valence-corrected chi connectivity index (χ3v) is 6.98. The van der Waals surface area contributed by atoms with Gasteiger partial charge in [-0.05, 0) is 31.2 Å². The van der Waals surface area contributed by atoms with Crippen molar-refractivity contribution >= 4 is 50.6 Å². The molecule has 0 unspecified atom stereocenters. The highest BCUT2D eigenvalue weighted by molar-refractivity contribution is 7.91. The van der Waals surface area contributed by atoms with Gasteiger partial charge in [-0.1, -0.05) is 11.6 Å². The molecular weight excluding hydrogens is 430 g/mol. The molecule has 2 N–H and O–H groups in total. The van der Waals surface area contributed by atoms with E-state index in [9.17, 15) is 18.0 Å². The van der Waals surface area contributed by atoms with E-state index in [1.54, 1.807) is 38.2 Å². The zero-order valence-electron chi connectivity index (χ0n) is 16.4. The third kappa shape index (κ3) is 3.82. The maximum Gasteiger partial charge on any atom is 0.256 e. The van der Waals surface area contributed by atoms with Crippen molar-refractivity contribution in [1.82, 2.24) is 9.88 Å². The summed E-state index contributed by atoms with van der Waals surface area (Å²) < 4.78 is 30.3. The van der Waals surface area contributed by atoms with Crippen molar-refractivity contribution in [1.29, 1.82) is 0 Å². The third-order valence-electron chi connectivity index (χ3n) is 5.09. The Kier molecular flexibility index (Phi) is 5.11. The summed E-state index contributed by atoms with van der Waals surface area (Å²) in [7, 11) is -1.89. The van der Waals surface area contributed by atoms with Crippen LogP contribution in [0.15, 0.2) is 18.2 Å². The number of hydrogen-bond acceptors (Lipinski definition) is 5. The van der Waals surface area contributed by atoms with Gasteiger partial charge in [-0.3, -0.25) is 9.59 Å². The predicted molar refractivity (Wildman–Crippen MR) is 115 cm³/mol. The minimum atomic E-state index is -3.44.